The van der Waals surface area contributed by atoms with Crippen molar-refractivity contribution in [1.29, 1.82) is 0 Å². The number of carbonyl (C=O) groups is 4. The Balaban J connectivity index is 1.83. The zero-order valence-electron chi connectivity index (χ0n) is 15.5. The minimum Gasteiger partial charge on any atom is -0.545 e. The van der Waals surface area contributed by atoms with Gasteiger partial charge in [0, 0.05) is 18.7 Å². The van der Waals surface area contributed by atoms with Crippen LogP contribution in [0.1, 0.15) is 60.7 Å². The Morgan fingerprint density at radius 3 is 2.14 bits per heavy atom. The molecule has 0 spiro atoms. The minimum atomic E-state index is -1.43. The highest BCUT2D eigenvalue weighted by Crippen LogP contribution is 2.37. The lowest BCUT2D eigenvalue weighted by molar-refractivity contribution is -0.255. The number of nitrogens with two attached hydrogens (primary N) is 1. The van der Waals surface area contributed by atoms with Gasteiger partial charge in [0.1, 0.15) is 0 Å². The molecule has 3 amide bonds. The number of rotatable bonds is 4. The largest absolute Gasteiger partial charge is 0.545 e. The summed E-state index contributed by atoms with van der Waals surface area (Å²) in [6.07, 6.45) is 3.06. The predicted octanol–water partition coefficient (Wildman–Crippen LogP) is 0.940. The number of fused-ring (bicyclic) bond motifs is 1. The molecule has 4 rings (SSSR count). The molecule has 8 nitrogen and oxygen atoms in total. The fourth-order valence-corrected chi connectivity index (χ4v) is 3.84. The predicted molar refractivity (Wildman–Crippen MR) is 103 cm³/mol. The standard InChI is InChI=1S/C21H19N3O5/c22-18(25)12-5-7-16(23-8-2-1-3-9-23)17(11-12)24-19(26)14-6-4-13(21(28)29)10-15(14)20(24)27/h4-7,10-11H,1-3,8-9H2,(H2,22,25)(H,28,29)/p-1. The van der Waals surface area contributed by atoms with Gasteiger partial charge < -0.3 is 20.5 Å². The van der Waals surface area contributed by atoms with Crippen molar-refractivity contribution in [2.45, 2.75) is 19.3 Å². The van der Waals surface area contributed by atoms with Crippen molar-refractivity contribution in [3.63, 3.8) is 0 Å². The summed E-state index contributed by atoms with van der Waals surface area (Å²) >= 11 is 0. The van der Waals surface area contributed by atoms with Gasteiger partial charge in [-0.1, -0.05) is 6.07 Å². The summed E-state index contributed by atoms with van der Waals surface area (Å²) in [5.41, 5.74) is 6.41. The molecule has 0 bridgehead atoms. The number of imide groups is 1. The average molecular weight is 392 g/mol. The van der Waals surface area contributed by atoms with Gasteiger partial charge in [-0.25, -0.2) is 4.90 Å². The summed E-state index contributed by atoms with van der Waals surface area (Å²) in [6.45, 7) is 1.53. The third kappa shape index (κ3) is 3.12. The molecule has 0 aromatic heterocycles. The zero-order chi connectivity index (χ0) is 20.7. The Bertz CT molecular complexity index is 1060. The van der Waals surface area contributed by atoms with Gasteiger partial charge in [0.05, 0.1) is 28.5 Å². The number of hydrogen-bond donors (Lipinski definition) is 1. The molecule has 0 unspecified atom stereocenters. The summed E-state index contributed by atoms with van der Waals surface area (Å²) in [7, 11) is 0. The molecule has 1 saturated heterocycles. The third-order valence-corrected chi connectivity index (χ3v) is 5.32. The van der Waals surface area contributed by atoms with Crippen molar-refractivity contribution in [3.05, 3.63) is 58.7 Å². The fourth-order valence-electron chi connectivity index (χ4n) is 3.84. The molecule has 1 fully saturated rings. The van der Waals surface area contributed by atoms with Gasteiger partial charge in [-0.2, -0.15) is 0 Å². The summed E-state index contributed by atoms with van der Waals surface area (Å²) in [5, 5.41) is 11.1. The third-order valence-electron chi connectivity index (χ3n) is 5.32. The van der Waals surface area contributed by atoms with Crippen LogP contribution in [0.4, 0.5) is 11.4 Å². The summed E-state index contributed by atoms with van der Waals surface area (Å²) in [6, 6.07) is 8.38. The number of carbonyl (C=O) groups excluding carboxylic acids is 4. The van der Waals surface area contributed by atoms with E-state index >= 15 is 0 Å². The van der Waals surface area contributed by atoms with E-state index in [1.54, 1.807) is 12.1 Å². The minimum absolute atomic E-state index is 0.00854. The monoisotopic (exact) mass is 392 g/mol. The van der Waals surface area contributed by atoms with Crippen LogP contribution in [-0.2, 0) is 0 Å². The molecule has 148 valence electrons. The summed E-state index contributed by atoms with van der Waals surface area (Å²) < 4.78 is 0. The van der Waals surface area contributed by atoms with Gasteiger partial charge in [0.2, 0.25) is 5.91 Å². The van der Waals surface area contributed by atoms with Crippen LogP contribution in [0.3, 0.4) is 0 Å². The molecular formula is C21H18N3O5-. The quantitative estimate of drug-likeness (QED) is 0.772. The van der Waals surface area contributed by atoms with Crippen molar-refractivity contribution in [2.24, 2.45) is 5.73 Å². The molecule has 0 radical (unpaired) electrons. The second-order valence-electron chi connectivity index (χ2n) is 7.11. The number of nitrogens with zero attached hydrogens (tertiary/aromatic N) is 2. The van der Waals surface area contributed by atoms with E-state index in [1.807, 2.05) is 0 Å². The van der Waals surface area contributed by atoms with Crippen LogP contribution in [0.2, 0.25) is 0 Å². The lowest BCUT2D eigenvalue weighted by atomic mass is 10.1. The van der Waals surface area contributed by atoms with E-state index in [2.05, 4.69) is 4.90 Å². The van der Waals surface area contributed by atoms with E-state index in [0.717, 1.165) is 43.3 Å². The molecule has 2 aromatic carbocycles. The van der Waals surface area contributed by atoms with Gasteiger partial charge in [-0.15, -0.1) is 0 Å². The molecule has 0 saturated carbocycles. The molecule has 29 heavy (non-hydrogen) atoms. The Hall–Kier alpha value is -3.68. The van der Waals surface area contributed by atoms with E-state index in [0.29, 0.717) is 5.69 Å². The first-order valence-corrected chi connectivity index (χ1v) is 9.31. The van der Waals surface area contributed by atoms with Crippen molar-refractivity contribution in [1.82, 2.24) is 0 Å². The molecule has 0 atom stereocenters. The lowest BCUT2D eigenvalue weighted by Gasteiger charge is -2.32. The van der Waals surface area contributed by atoms with Crippen LogP contribution in [0.15, 0.2) is 36.4 Å². The number of amides is 3. The Kier molecular flexibility index (Phi) is 4.54. The molecular weight excluding hydrogens is 374 g/mol. The number of anilines is 2. The van der Waals surface area contributed by atoms with Gasteiger partial charge in [0.15, 0.2) is 0 Å². The van der Waals surface area contributed by atoms with E-state index < -0.39 is 23.7 Å². The average Bonchev–Trinajstić information content (AvgIpc) is 2.98. The maximum absolute atomic E-state index is 13.1. The van der Waals surface area contributed by atoms with E-state index in [-0.39, 0.29) is 27.9 Å². The summed E-state index contributed by atoms with van der Waals surface area (Å²) in [4.78, 5) is 52.0. The molecule has 2 aromatic rings. The fraction of sp³-hybridized carbons (Fsp3) is 0.238. The first kappa shape index (κ1) is 18.7. The molecule has 2 heterocycles. The SMILES string of the molecule is NC(=O)c1ccc(N2CCCCC2)c(N2C(=O)c3ccc(C(=O)[O-])cc3C2=O)c1. The van der Waals surface area contributed by atoms with Crippen molar-refractivity contribution in [3.8, 4) is 0 Å². The van der Waals surface area contributed by atoms with Crippen molar-refractivity contribution < 1.29 is 24.3 Å². The first-order valence-electron chi connectivity index (χ1n) is 9.31. The maximum Gasteiger partial charge on any atom is 0.266 e. The molecule has 2 aliphatic rings. The van der Waals surface area contributed by atoms with Gasteiger partial charge >= 0.3 is 0 Å². The number of aromatic carboxylic acids is 1. The molecule has 0 aliphatic carbocycles. The van der Waals surface area contributed by atoms with Crippen LogP contribution in [0.5, 0.6) is 0 Å². The Morgan fingerprint density at radius 2 is 1.48 bits per heavy atom. The van der Waals surface area contributed by atoms with Gasteiger partial charge in [-0.05, 0) is 55.2 Å². The topological polar surface area (TPSA) is 124 Å². The molecule has 8 heteroatoms. The van der Waals surface area contributed by atoms with Crippen LogP contribution in [0.25, 0.3) is 0 Å². The Morgan fingerprint density at radius 1 is 0.828 bits per heavy atom. The Labute approximate surface area is 166 Å². The van der Waals surface area contributed by atoms with Gasteiger partial charge in [0.25, 0.3) is 11.8 Å². The highest BCUT2D eigenvalue weighted by molar-refractivity contribution is 6.35. The second kappa shape index (κ2) is 7.05. The normalized spacial score (nSPS) is 16.1. The zero-order valence-corrected chi connectivity index (χ0v) is 15.5. The summed E-state index contributed by atoms with van der Waals surface area (Å²) in [5.74, 6) is -3.33. The molecule has 2 aliphatic heterocycles. The molecule has 2 N–H and O–H groups in total. The first-order chi connectivity index (χ1) is 13.9. The number of carboxylic acids is 1. The number of piperidine rings is 1. The maximum atomic E-state index is 13.1. The van der Waals surface area contributed by atoms with Crippen LogP contribution < -0.4 is 20.6 Å². The highest BCUT2D eigenvalue weighted by Gasteiger charge is 2.39. The number of primary amides is 1. The number of carboxylic acid groups (broad SMARTS) is 1. The van der Waals surface area contributed by atoms with Crippen LogP contribution in [0, 0.1) is 0 Å². The second-order valence-corrected chi connectivity index (χ2v) is 7.11. The number of benzene rings is 2. The van der Waals surface area contributed by atoms with Crippen LogP contribution in [-0.4, -0.2) is 36.8 Å². The van der Waals surface area contributed by atoms with Crippen molar-refractivity contribution in [2.75, 3.05) is 22.9 Å². The van der Waals surface area contributed by atoms with Gasteiger partial charge in [-0.3, -0.25) is 14.4 Å². The van der Waals surface area contributed by atoms with Crippen molar-refractivity contribution >= 4 is 35.1 Å². The highest BCUT2D eigenvalue weighted by atomic mass is 16.4. The smallest absolute Gasteiger partial charge is 0.266 e. The number of hydrogen-bond acceptors (Lipinski definition) is 6. The van der Waals surface area contributed by atoms with E-state index in [1.165, 1.54) is 18.2 Å². The van der Waals surface area contributed by atoms with E-state index in [9.17, 15) is 24.3 Å². The lowest BCUT2D eigenvalue weighted by Crippen LogP contribution is -2.35. The van der Waals surface area contributed by atoms with Crippen LogP contribution >= 0.6 is 0 Å². The van der Waals surface area contributed by atoms with E-state index in [4.69, 9.17) is 5.73 Å².